The highest BCUT2D eigenvalue weighted by molar-refractivity contribution is 7.09. The number of fused-ring (bicyclic) bond motifs is 3. The lowest BCUT2D eigenvalue weighted by Gasteiger charge is -2.51. The molecule has 0 aliphatic carbocycles. The van der Waals surface area contributed by atoms with E-state index in [4.69, 9.17) is 0 Å². The van der Waals surface area contributed by atoms with E-state index in [2.05, 4.69) is 15.6 Å². The predicted molar refractivity (Wildman–Crippen MR) is 92.8 cm³/mol. The topological polar surface area (TPSA) is 94.6 Å². The molecule has 2 atom stereocenters. The van der Waals surface area contributed by atoms with Crippen molar-refractivity contribution in [3.63, 3.8) is 0 Å². The Morgan fingerprint density at radius 3 is 2.40 bits per heavy atom. The minimum Gasteiger partial charge on any atom is -0.350 e. The zero-order valence-electron chi connectivity index (χ0n) is 14.4. The van der Waals surface area contributed by atoms with Gasteiger partial charge in [0.2, 0.25) is 11.8 Å². The quantitative estimate of drug-likeness (QED) is 0.820. The molecule has 4 amide bonds. The number of carbonyl (C=O) groups is 3. The molecule has 0 aromatic carbocycles. The molecule has 1 aromatic heterocycles. The normalized spacial score (nSPS) is 22.0. The lowest BCUT2D eigenvalue weighted by molar-refractivity contribution is -0.137. The average Bonchev–Trinajstić information content (AvgIpc) is 3.06. The van der Waals surface area contributed by atoms with Gasteiger partial charge in [-0.3, -0.25) is 9.59 Å². The highest BCUT2D eigenvalue weighted by atomic mass is 32.1. The van der Waals surface area contributed by atoms with Gasteiger partial charge in [0.25, 0.3) is 0 Å². The molecule has 3 fully saturated rings. The van der Waals surface area contributed by atoms with Gasteiger partial charge in [0.05, 0.1) is 24.8 Å². The zero-order valence-corrected chi connectivity index (χ0v) is 15.3. The van der Waals surface area contributed by atoms with Crippen molar-refractivity contribution in [3.05, 3.63) is 16.1 Å². The summed E-state index contributed by atoms with van der Waals surface area (Å²) >= 11 is 1.46. The van der Waals surface area contributed by atoms with E-state index in [-0.39, 0.29) is 29.9 Å². The highest BCUT2D eigenvalue weighted by Crippen LogP contribution is 2.28. The molecule has 136 valence electrons. The standard InChI is InChI=1S/C16H23N5O3S/c1-10(22)17-6-15-19-12(9-25-15)5-18-16(24)21-8-13-3-4-14(21)7-20(13)11(2)23/h9,13-14H,3-8H2,1-2H3,(H,17,22)(H,18,24). The number of nitrogens with one attached hydrogen (secondary N) is 2. The van der Waals surface area contributed by atoms with Crippen LogP contribution in [0.5, 0.6) is 0 Å². The van der Waals surface area contributed by atoms with E-state index in [1.165, 1.54) is 18.3 Å². The maximum absolute atomic E-state index is 12.5. The van der Waals surface area contributed by atoms with Crippen LogP contribution in [0.4, 0.5) is 4.79 Å². The molecule has 9 heteroatoms. The van der Waals surface area contributed by atoms with Crippen molar-refractivity contribution in [2.45, 2.75) is 51.9 Å². The minimum atomic E-state index is -0.102. The Hall–Kier alpha value is -2.16. The third-order valence-corrected chi connectivity index (χ3v) is 5.60. The van der Waals surface area contributed by atoms with Gasteiger partial charge in [-0.1, -0.05) is 0 Å². The summed E-state index contributed by atoms with van der Waals surface area (Å²) in [4.78, 5) is 43.2. The van der Waals surface area contributed by atoms with Crippen molar-refractivity contribution < 1.29 is 14.4 Å². The molecule has 2 N–H and O–H groups in total. The van der Waals surface area contributed by atoms with Gasteiger partial charge in [0, 0.05) is 38.4 Å². The zero-order chi connectivity index (χ0) is 18.0. The van der Waals surface area contributed by atoms with Crippen LogP contribution in [-0.2, 0) is 22.7 Å². The van der Waals surface area contributed by atoms with E-state index < -0.39 is 0 Å². The van der Waals surface area contributed by atoms with Crippen LogP contribution >= 0.6 is 11.3 Å². The number of hydrogen-bond acceptors (Lipinski definition) is 5. The minimum absolute atomic E-state index is 0.0870. The lowest BCUT2D eigenvalue weighted by atomic mass is 9.91. The third kappa shape index (κ3) is 4.09. The van der Waals surface area contributed by atoms with Crippen LogP contribution in [0.3, 0.4) is 0 Å². The Kier molecular flexibility index (Phi) is 5.22. The molecule has 1 aromatic rings. The number of aromatic nitrogens is 1. The maximum atomic E-state index is 12.5. The number of nitrogens with zero attached hydrogens (tertiary/aromatic N) is 3. The van der Waals surface area contributed by atoms with E-state index in [0.717, 1.165) is 23.5 Å². The van der Waals surface area contributed by atoms with Gasteiger partial charge in [0.1, 0.15) is 5.01 Å². The van der Waals surface area contributed by atoms with E-state index in [1.807, 2.05) is 15.2 Å². The number of piperidine rings is 2. The Morgan fingerprint density at radius 2 is 1.80 bits per heavy atom. The first-order valence-corrected chi connectivity index (χ1v) is 9.31. The van der Waals surface area contributed by atoms with E-state index in [0.29, 0.717) is 26.2 Å². The van der Waals surface area contributed by atoms with Crippen molar-refractivity contribution in [1.82, 2.24) is 25.4 Å². The van der Waals surface area contributed by atoms with Crippen LogP contribution in [0.15, 0.2) is 5.38 Å². The van der Waals surface area contributed by atoms with Crippen molar-refractivity contribution in [1.29, 1.82) is 0 Å². The first kappa shape index (κ1) is 17.7. The van der Waals surface area contributed by atoms with Crippen LogP contribution in [0.1, 0.15) is 37.4 Å². The molecule has 4 rings (SSSR count). The molecule has 4 heterocycles. The number of rotatable bonds is 4. The van der Waals surface area contributed by atoms with Gasteiger partial charge in [-0.05, 0) is 12.8 Å². The SMILES string of the molecule is CC(=O)NCc1nc(CNC(=O)N2CC3CCC2CN3C(C)=O)cs1. The summed E-state index contributed by atoms with van der Waals surface area (Å²) in [6.45, 7) is 5.05. The average molecular weight is 365 g/mol. The fraction of sp³-hybridized carbons (Fsp3) is 0.625. The molecular formula is C16H23N5O3S. The summed E-state index contributed by atoms with van der Waals surface area (Å²) in [6.07, 6.45) is 1.91. The van der Waals surface area contributed by atoms with Crippen LogP contribution in [-0.4, -0.2) is 57.8 Å². The lowest BCUT2D eigenvalue weighted by Crippen LogP contribution is -2.66. The molecule has 0 spiro atoms. The molecule has 25 heavy (non-hydrogen) atoms. The molecule has 3 aliphatic heterocycles. The number of carbonyl (C=O) groups excluding carboxylic acids is 3. The van der Waals surface area contributed by atoms with Crippen molar-refractivity contribution in [2.24, 2.45) is 0 Å². The second-order valence-electron chi connectivity index (χ2n) is 6.51. The van der Waals surface area contributed by atoms with Gasteiger partial charge in [-0.2, -0.15) is 0 Å². The monoisotopic (exact) mass is 365 g/mol. The Morgan fingerprint density at radius 1 is 1.12 bits per heavy atom. The summed E-state index contributed by atoms with van der Waals surface area (Å²) < 4.78 is 0. The summed E-state index contributed by atoms with van der Waals surface area (Å²) in [5.74, 6) is -0.00580. The molecule has 0 radical (unpaired) electrons. The van der Waals surface area contributed by atoms with Crippen LogP contribution in [0, 0.1) is 0 Å². The molecule has 2 unspecified atom stereocenters. The maximum Gasteiger partial charge on any atom is 0.318 e. The number of thiazole rings is 1. The van der Waals surface area contributed by atoms with E-state index in [9.17, 15) is 14.4 Å². The highest BCUT2D eigenvalue weighted by Gasteiger charge is 2.41. The van der Waals surface area contributed by atoms with Crippen molar-refractivity contribution in [2.75, 3.05) is 13.1 Å². The fourth-order valence-electron chi connectivity index (χ4n) is 3.44. The largest absolute Gasteiger partial charge is 0.350 e. The van der Waals surface area contributed by atoms with Crippen LogP contribution < -0.4 is 10.6 Å². The summed E-state index contributed by atoms with van der Waals surface area (Å²) in [5, 5.41) is 8.32. The Labute approximate surface area is 150 Å². The summed E-state index contributed by atoms with van der Waals surface area (Å²) in [5.41, 5.74) is 0.784. The fourth-order valence-corrected chi connectivity index (χ4v) is 4.18. The first-order valence-electron chi connectivity index (χ1n) is 8.43. The molecule has 8 nitrogen and oxygen atoms in total. The van der Waals surface area contributed by atoms with Crippen LogP contribution in [0.25, 0.3) is 0 Å². The van der Waals surface area contributed by atoms with Gasteiger partial charge in [-0.25, -0.2) is 9.78 Å². The van der Waals surface area contributed by atoms with Gasteiger partial charge in [0.15, 0.2) is 0 Å². The Balaban J connectivity index is 1.50. The summed E-state index contributed by atoms with van der Waals surface area (Å²) in [6, 6.07) is 0.130. The smallest absolute Gasteiger partial charge is 0.318 e. The molecular weight excluding hydrogens is 342 g/mol. The van der Waals surface area contributed by atoms with Crippen LogP contribution in [0.2, 0.25) is 0 Å². The van der Waals surface area contributed by atoms with Gasteiger partial charge < -0.3 is 20.4 Å². The second-order valence-corrected chi connectivity index (χ2v) is 7.45. The molecule has 0 saturated carbocycles. The summed E-state index contributed by atoms with van der Waals surface area (Å²) in [7, 11) is 0. The molecule has 3 aliphatic rings. The number of piperazine rings is 1. The van der Waals surface area contributed by atoms with E-state index in [1.54, 1.807) is 6.92 Å². The first-order chi connectivity index (χ1) is 11.9. The van der Waals surface area contributed by atoms with Gasteiger partial charge >= 0.3 is 6.03 Å². The van der Waals surface area contributed by atoms with Crippen molar-refractivity contribution in [3.8, 4) is 0 Å². The second kappa shape index (κ2) is 7.38. The molecule has 2 bridgehead atoms. The predicted octanol–water partition coefficient (Wildman–Crippen LogP) is 0.684. The number of urea groups is 1. The van der Waals surface area contributed by atoms with E-state index >= 15 is 0 Å². The number of hydrogen-bond donors (Lipinski definition) is 2. The number of amides is 4. The third-order valence-electron chi connectivity index (χ3n) is 4.70. The Bertz CT molecular complexity index is 676. The molecule has 3 saturated heterocycles. The van der Waals surface area contributed by atoms with Gasteiger partial charge in [-0.15, -0.1) is 11.3 Å². The van der Waals surface area contributed by atoms with Crippen molar-refractivity contribution >= 4 is 29.2 Å².